The van der Waals surface area contributed by atoms with Gasteiger partial charge < -0.3 is 34.6 Å². The zero-order valence-corrected chi connectivity index (χ0v) is 53.7. The Morgan fingerprint density at radius 2 is 0.642 bits per heavy atom. The number of ether oxygens (including phenoxy) is 3. The number of carboxylic acid groups (broad SMARTS) is 4. The second-order valence-electron chi connectivity index (χ2n) is 22.3. The smallest absolute Gasteiger partial charge is 0.335 e. The Morgan fingerprint density at radius 1 is 0.368 bits per heavy atom. The molecule has 4 heterocycles. The number of aromatic carboxylic acids is 4. The Hall–Kier alpha value is -11.7. The summed E-state index contributed by atoms with van der Waals surface area (Å²) >= 11 is 5.56. The number of aromatic nitrogens is 2. The van der Waals surface area contributed by atoms with Crippen molar-refractivity contribution in [3.8, 4) is 28.6 Å². The van der Waals surface area contributed by atoms with Crippen molar-refractivity contribution in [2.24, 2.45) is 0 Å². The first-order chi connectivity index (χ1) is 45.6. The van der Waals surface area contributed by atoms with Crippen LogP contribution >= 0.6 is 12.2 Å². The van der Waals surface area contributed by atoms with Gasteiger partial charge in [0.2, 0.25) is 0 Å². The molecule has 3 saturated heterocycles. The molecule has 1 aromatic heterocycles. The molecule has 6 amide bonds. The van der Waals surface area contributed by atoms with E-state index in [9.17, 15) is 33.6 Å². The van der Waals surface area contributed by atoms with Crippen LogP contribution in [0.2, 0.25) is 0 Å². The van der Waals surface area contributed by atoms with Crippen molar-refractivity contribution in [2.45, 2.75) is 39.7 Å². The Kier molecular flexibility index (Phi) is 21.8. The summed E-state index contributed by atoms with van der Waals surface area (Å²) in [5.41, 5.74) is 7.86. The minimum absolute atomic E-state index is 0.0938. The van der Waals surface area contributed by atoms with Crippen LogP contribution in [0.3, 0.4) is 0 Å². The lowest BCUT2D eigenvalue weighted by molar-refractivity contribution is 0.0686. The highest BCUT2D eigenvalue weighted by molar-refractivity contribution is 7.71. The molecule has 0 atom stereocenters. The summed E-state index contributed by atoms with van der Waals surface area (Å²) in [6.07, 6.45) is 3.83. The van der Waals surface area contributed by atoms with Crippen molar-refractivity contribution in [1.29, 1.82) is 0 Å². The number of carbonyl (C=O) groups is 7. The number of carboxylic acids is 4. The fourth-order valence-electron chi connectivity index (χ4n) is 10.5. The molecule has 23 heteroatoms. The molecule has 3 aliphatic rings. The first-order valence-corrected chi connectivity index (χ1v) is 30.6. The van der Waals surface area contributed by atoms with Crippen LogP contribution in [-0.2, 0) is 0 Å². The zero-order chi connectivity index (χ0) is 68.0. The maximum Gasteiger partial charge on any atom is 0.335 e. The van der Waals surface area contributed by atoms with Gasteiger partial charge in [0.1, 0.15) is 17.2 Å². The summed E-state index contributed by atoms with van der Waals surface area (Å²) < 4.78 is 20.2. The van der Waals surface area contributed by atoms with Gasteiger partial charge in [-0.15, -0.1) is 0 Å². The molecule has 0 saturated carbocycles. The number of rotatable bonds is 17. The summed E-state index contributed by atoms with van der Waals surface area (Å²) in [6.45, 7) is 11.4. The van der Waals surface area contributed by atoms with Crippen molar-refractivity contribution in [3.63, 3.8) is 0 Å². The number of urea groups is 3. The molecule has 0 radical (unpaired) electrons. The van der Waals surface area contributed by atoms with E-state index in [4.69, 9.17) is 46.9 Å². The number of anilines is 6. The average Bonchev–Trinajstić information content (AvgIpc) is 1.72. The molecule has 22 nitrogen and oxygen atoms in total. The molecule has 0 bridgehead atoms. The highest BCUT2D eigenvalue weighted by Gasteiger charge is 2.34. The minimum Gasteiger partial charge on any atom is -0.497 e. The number of imidazole rings is 1. The van der Waals surface area contributed by atoms with Crippen molar-refractivity contribution >= 4 is 88.3 Å². The van der Waals surface area contributed by atoms with Crippen molar-refractivity contribution in [3.05, 3.63) is 239 Å². The van der Waals surface area contributed by atoms with E-state index in [0.717, 1.165) is 45.7 Å². The molecule has 0 unspecified atom stereocenters. The lowest BCUT2D eigenvalue weighted by Gasteiger charge is -2.19. The van der Waals surface area contributed by atoms with Gasteiger partial charge in [-0.1, -0.05) is 50.2 Å². The van der Waals surface area contributed by atoms with Gasteiger partial charge in [-0.25, -0.2) is 33.6 Å². The van der Waals surface area contributed by atoms with Gasteiger partial charge in [0.25, 0.3) is 0 Å². The molecule has 0 aliphatic carbocycles. The fraction of sp³-hybridized carbons (Fsp3) is 0.194. The molecule has 0 spiro atoms. The lowest BCUT2D eigenvalue weighted by atomic mass is 10.0. The second-order valence-corrected chi connectivity index (χ2v) is 22.7. The molecule has 3 fully saturated rings. The van der Waals surface area contributed by atoms with Gasteiger partial charge >= 0.3 is 42.0 Å². The van der Waals surface area contributed by atoms with E-state index in [0.29, 0.717) is 67.0 Å². The van der Waals surface area contributed by atoms with Gasteiger partial charge in [0, 0.05) is 97.2 Å². The summed E-state index contributed by atoms with van der Waals surface area (Å²) in [7, 11) is 3.18. The molecule has 4 N–H and O–H groups in total. The standard InChI is InChI=1S/C19H20N2O4.C19H18N2O2S.2C17H16N2O4/c1-13(2)25-17-8-6-15(7-9-17)20-10-11-21(19(20)24)16-5-3-4-14(12-16)18(22)23;1-13(2)14-6-8-16(9-7-14)20-10-11-21(19(20)24)17-5-3-4-15(12-17)18(22)23;2*1-23-15-7-5-13(6-8-15)18-9-10-19(17(18)22)14-4-2-3-12(11-14)16(20)21/h3-9,12-13H,10-11H2,1-2H3,(H,22,23);3-13H,1-2H3,(H,22,23);2*2-8,11H,9-10H2,1H3,(H,20,21). The van der Waals surface area contributed by atoms with Crippen molar-refractivity contribution in [2.75, 3.05) is 82.9 Å². The zero-order valence-electron chi connectivity index (χ0n) is 52.9. The molecular formula is C72H70N8O14S. The highest BCUT2D eigenvalue weighted by atomic mass is 32.1. The minimum atomic E-state index is -1.01. The second kappa shape index (κ2) is 30.6. The lowest BCUT2D eigenvalue weighted by Crippen LogP contribution is -2.31. The maximum atomic E-state index is 12.7. The van der Waals surface area contributed by atoms with E-state index in [1.54, 1.807) is 127 Å². The van der Waals surface area contributed by atoms with E-state index in [-0.39, 0.29) is 46.5 Å². The Morgan fingerprint density at radius 3 is 0.937 bits per heavy atom. The Bertz CT molecular complexity index is 4180. The summed E-state index contributed by atoms with van der Waals surface area (Å²) in [6, 6.07) is 55.7. The predicted molar refractivity (Wildman–Crippen MR) is 366 cm³/mol. The van der Waals surface area contributed by atoms with Crippen molar-refractivity contribution in [1.82, 2.24) is 9.13 Å². The highest BCUT2D eigenvalue weighted by Crippen LogP contribution is 2.31. The number of hydrogen-bond donors (Lipinski definition) is 4. The number of methoxy groups -OCH3 is 2. The van der Waals surface area contributed by atoms with Crippen LogP contribution in [0.15, 0.2) is 207 Å². The normalized spacial score (nSPS) is 13.4. The number of nitrogens with zero attached hydrogens (tertiary/aromatic N) is 8. The van der Waals surface area contributed by atoms with Crippen LogP contribution < -0.4 is 43.6 Å². The number of benzene rings is 8. The van der Waals surface area contributed by atoms with Gasteiger partial charge in [0.05, 0.1) is 42.6 Å². The monoisotopic (exact) mass is 1300 g/mol. The molecule has 95 heavy (non-hydrogen) atoms. The van der Waals surface area contributed by atoms with Crippen LogP contribution in [0.1, 0.15) is 80.6 Å². The third-order valence-corrected chi connectivity index (χ3v) is 15.9. The number of carbonyl (C=O) groups excluding carboxylic acids is 3. The topological polar surface area (TPSA) is 257 Å². The van der Waals surface area contributed by atoms with Gasteiger partial charge in [0.15, 0.2) is 4.77 Å². The van der Waals surface area contributed by atoms with Crippen LogP contribution in [-0.4, -0.2) is 131 Å². The number of hydrogen-bond acceptors (Lipinski definition) is 11. The number of amides is 6. The summed E-state index contributed by atoms with van der Waals surface area (Å²) in [4.78, 5) is 92.1. The molecule has 12 rings (SSSR count). The van der Waals surface area contributed by atoms with Crippen LogP contribution in [0.5, 0.6) is 17.2 Å². The van der Waals surface area contributed by atoms with E-state index in [1.807, 2.05) is 97.5 Å². The molecule has 3 aliphatic heterocycles. The maximum absolute atomic E-state index is 12.7. The molecular weight excluding hydrogens is 1230 g/mol. The van der Waals surface area contributed by atoms with Crippen molar-refractivity contribution < 1.29 is 68.2 Å². The quantitative estimate of drug-likeness (QED) is 0.0618. The van der Waals surface area contributed by atoms with E-state index in [1.165, 1.54) is 42.0 Å². The Balaban J connectivity index is 0.000000149. The van der Waals surface area contributed by atoms with Crippen LogP contribution in [0.25, 0.3) is 11.4 Å². The third-order valence-electron chi connectivity index (χ3n) is 15.5. The van der Waals surface area contributed by atoms with Gasteiger partial charge in [-0.3, -0.25) is 38.5 Å². The summed E-state index contributed by atoms with van der Waals surface area (Å²) in [5.74, 6) is -1.28. The largest absolute Gasteiger partial charge is 0.497 e. The summed E-state index contributed by atoms with van der Waals surface area (Å²) in [5, 5.41) is 36.4. The molecule has 8 aromatic carbocycles. The van der Waals surface area contributed by atoms with Gasteiger partial charge in [-0.2, -0.15) is 0 Å². The van der Waals surface area contributed by atoms with E-state index in [2.05, 4.69) is 26.0 Å². The SMILES string of the molecule is CC(C)Oc1ccc(N2CCN(c3cccc(C(=O)O)c3)C2=O)cc1.CC(C)c1ccc(-n2ccn(-c3cccc(C(=O)O)c3)c2=S)cc1.COc1ccc(N2CCN(c3cccc(C(=O)O)c3)C2=O)cc1.COc1ccc(N2CCN(c3cccc(C(=O)O)c3)C2=O)cc1. The third kappa shape index (κ3) is 16.3. The van der Waals surface area contributed by atoms with E-state index < -0.39 is 23.9 Å². The van der Waals surface area contributed by atoms with E-state index >= 15 is 0 Å². The molecule has 9 aromatic rings. The molecule has 488 valence electrons. The average molecular weight is 1300 g/mol. The van der Waals surface area contributed by atoms with Crippen LogP contribution in [0.4, 0.5) is 48.5 Å². The fourth-order valence-corrected chi connectivity index (χ4v) is 10.9. The first-order valence-electron chi connectivity index (χ1n) is 30.2. The first kappa shape index (κ1) is 67.7. The predicted octanol–water partition coefficient (Wildman–Crippen LogP) is 14.1. The Labute approximate surface area is 553 Å². The van der Waals surface area contributed by atoms with Crippen LogP contribution in [0, 0.1) is 4.77 Å². The van der Waals surface area contributed by atoms with Gasteiger partial charge in [-0.05, 0) is 195 Å².